The van der Waals surface area contributed by atoms with Gasteiger partial charge in [0.25, 0.3) is 11.5 Å². The number of halogens is 2. The van der Waals surface area contributed by atoms with Gasteiger partial charge in [0.05, 0.1) is 16.3 Å². The van der Waals surface area contributed by atoms with E-state index >= 15 is 0 Å². The molecular weight excluding hydrogens is 357 g/mol. The van der Waals surface area contributed by atoms with E-state index in [0.717, 1.165) is 38.5 Å². The van der Waals surface area contributed by atoms with E-state index in [9.17, 15) is 14.0 Å². The predicted molar refractivity (Wildman–Crippen MR) is 97.4 cm³/mol. The van der Waals surface area contributed by atoms with Crippen molar-refractivity contribution in [3.8, 4) is 5.69 Å². The van der Waals surface area contributed by atoms with Crippen LogP contribution in [0.4, 0.5) is 4.39 Å². The Morgan fingerprint density at radius 1 is 1.19 bits per heavy atom. The van der Waals surface area contributed by atoms with E-state index in [1.54, 1.807) is 0 Å². The lowest BCUT2D eigenvalue weighted by molar-refractivity contribution is 0.0620. The third kappa shape index (κ3) is 3.27. The molecule has 0 radical (unpaired) electrons. The number of carbonyl (C=O) groups is 1. The van der Waals surface area contributed by atoms with Gasteiger partial charge in [-0.25, -0.2) is 4.39 Å². The van der Waals surface area contributed by atoms with Gasteiger partial charge >= 0.3 is 0 Å². The van der Waals surface area contributed by atoms with Crippen LogP contribution in [0.15, 0.2) is 41.3 Å². The van der Waals surface area contributed by atoms with Crippen LogP contribution in [0, 0.1) is 11.7 Å². The molecule has 2 aromatic rings. The van der Waals surface area contributed by atoms with Gasteiger partial charge < -0.3 is 10.2 Å². The van der Waals surface area contributed by atoms with Crippen LogP contribution in [0.1, 0.15) is 23.2 Å². The second-order valence-corrected chi connectivity index (χ2v) is 7.35. The van der Waals surface area contributed by atoms with E-state index in [-0.39, 0.29) is 22.5 Å². The number of pyridine rings is 1. The van der Waals surface area contributed by atoms with Crippen molar-refractivity contribution < 1.29 is 9.18 Å². The Hall–Kier alpha value is -2.18. The summed E-state index contributed by atoms with van der Waals surface area (Å²) in [4.78, 5) is 27.2. The number of piperidine rings is 3. The van der Waals surface area contributed by atoms with E-state index in [2.05, 4.69) is 10.2 Å². The molecule has 3 aliphatic rings. The lowest BCUT2D eigenvalue weighted by Gasteiger charge is -2.44. The van der Waals surface area contributed by atoms with Crippen LogP contribution in [0.2, 0.25) is 5.02 Å². The number of hydrogen-bond acceptors (Lipinski definition) is 3. The van der Waals surface area contributed by atoms with Crippen molar-refractivity contribution in [3.05, 3.63) is 63.3 Å². The SMILES string of the molecule is O=C(NC1CN2CCC1CC2)c1ccc(=O)n(-c2ccc(F)cc2Cl)c1. The zero-order valence-corrected chi connectivity index (χ0v) is 14.9. The van der Waals surface area contributed by atoms with Crippen LogP contribution in [0.3, 0.4) is 0 Å². The number of nitrogens with one attached hydrogen (secondary N) is 1. The number of aromatic nitrogens is 1. The van der Waals surface area contributed by atoms with Crippen molar-refractivity contribution in [1.82, 2.24) is 14.8 Å². The molecule has 26 heavy (non-hydrogen) atoms. The molecule has 1 atom stereocenters. The molecule has 7 heteroatoms. The standard InChI is InChI=1S/C19H19ClFN3O2/c20-15-9-14(21)2-3-17(15)24-10-13(1-4-18(24)25)19(26)22-16-11-23-7-5-12(16)6-8-23/h1-4,9-10,12,16H,5-8,11H2,(H,22,26). The maximum atomic E-state index is 13.3. The van der Waals surface area contributed by atoms with Crippen molar-refractivity contribution in [2.24, 2.45) is 5.92 Å². The van der Waals surface area contributed by atoms with Crippen LogP contribution in [-0.2, 0) is 0 Å². The average Bonchev–Trinajstić information content (AvgIpc) is 2.63. The molecule has 5 rings (SSSR count). The van der Waals surface area contributed by atoms with Crippen LogP contribution in [0.25, 0.3) is 5.69 Å². The molecule has 1 aromatic carbocycles. The van der Waals surface area contributed by atoms with Crippen molar-refractivity contribution in [1.29, 1.82) is 0 Å². The van der Waals surface area contributed by atoms with E-state index in [0.29, 0.717) is 17.2 Å². The quantitative estimate of drug-likeness (QED) is 0.896. The highest BCUT2D eigenvalue weighted by molar-refractivity contribution is 6.32. The molecular formula is C19H19ClFN3O2. The van der Waals surface area contributed by atoms with Gasteiger partial charge in [-0.3, -0.25) is 14.2 Å². The molecule has 1 unspecified atom stereocenters. The summed E-state index contributed by atoms with van der Waals surface area (Å²) in [6.07, 6.45) is 3.67. The zero-order valence-electron chi connectivity index (χ0n) is 14.1. The number of amides is 1. The highest BCUT2D eigenvalue weighted by Crippen LogP contribution is 2.27. The summed E-state index contributed by atoms with van der Waals surface area (Å²) in [5.74, 6) is -0.180. The summed E-state index contributed by atoms with van der Waals surface area (Å²) in [6, 6.07) is 6.77. The maximum absolute atomic E-state index is 13.3. The average molecular weight is 376 g/mol. The van der Waals surface area contributed by atoms with Crippen LogP contribution in [0.5, 0.6) is 0 Å². The fraction of sp³-hybridized carbons (Fsp3) is 0.368. The Labute approximate surface area is 155 Å². The number of nitrogens with zero attached hydrogens (tertiary/aromatic N) is 2. The Morgan fingerprint density at radius 3 is 2.62 bits per heavy atom. The van der Waals surface area contributed by atoms with Gasteiger partial charge in [-0.05, 0) is 56.1 Å². The molecule has 2 bridgehead atoms. The molecule has 0 saturated carbocycles. The second kappa shape index (κ2) is 6.85. The number of hydrogen-bond donors (Lipinski definition) is 1. The lowest BCUT2D eigenvalue weighted by Crippen LogP contribution is -2.57. The van der Waals surface area contributed by atoms with Crippen molar-refractivity contribution in [2.75, 3.05) is 19.6 Å². The molecule has 5 nitrogen and oxygen atoms in total. The van der Waals surface area contributed by atoms with Gasteiger partial charge in [-0.15, -0.1) is 0 Å². The topological polar surface area (TPSA) is 54.3 Å². The minimum absolute atomic E-state index is 0.113. The summed E-state index contributed by atoms with van der Waals surface area (Å²) >= 11 is 6.06. The molecule has 1 amide bonds. The minimum Gasteiger partial charge on any atom is -0.348 e. The highest BCUT2D eigenvalue weighted by Gasteiger charge is 2.35. The monoisotopic (exact) mass is 375 g/mol. The number of rotatable bonds is 3. The Balaban J connectivity index is 1.59. The Morgan fingerprint density at radius 2 is 1.96 bits per heavy atom. The maximum Gasteiger partial charge on any atom is 0.255 e. The lowest BCUT2D eigenvalue weighted by atomic mass is 9.84. The van der Waals surface area contributed by atoms with Crippen molar-refractivity contribution in [3.63, 3.8) is 0 Å². The molecule has 0 aliphatic carbocycles. The summed E-state index contributed by atoms with van der Waals surface area (Å²) in [6.45, 7) is 3.08. The van der Waals surface area contributed by atoms with Gasteiger partial charge in [0.1, 0.15) is 5.82 Å². The molecule has 3 aliphatic heterocycles. The summed E-state index contributed by atoms with van der Waals surface area (Å²) in [7, 11) is 0. The zero-order chi connectivity index (χ0) is 18.3. The first-order valence-corrected chi connectivity index (χ1v) is 9.10. The normalized spacial score (nSPS) is 24.5. The third-order valence-corrected chi connectivity index (χ3v) is 5.62. The molecule has 3 fully saturated rings. The largest absolute Gasteiger partial charge is 0.348 e. The fourth-order valence-electron chi connectivity index (χ4n) is 3.87. The van der Waals surface area contributed by atoms with Crippen molar-refractivity contribution in [2.45, 2.75) is 18.9 Å². The Kier molecular flexibility index (Phi) is 4.54. The smallest absolute Gasteiger partial charge is 0.255 e. The Bertz CT molecular complexity index is 906. The first-order valence-electron chi connectivity index (χ1n) is 8.72. The molecule has 136 valence electrons. The van der Waals surface area contributed by atoms with Crippen molar-refractivity contribution >= 4 is 17.5 Å². The van der Waals surface area contributed by atoms with Crippen LogP contribution < -0.4 is 10.9 Å². The summed E-state index contributed by atoms with van der Waals surface area (Å²) in [5.41, 5.74) is 0.384. The number of benzene rings is 1. The fourth-order valence-corrected chi connectivity index (χ4v) is 4.12. The van der Waals surface area contributed by atoms with Gasteiger partial charge in [0, 0.05) is 24.8 Å². The molecule has 1 N–H and O–H groups in total. The molecule has 3 saturated heterocycles. The van der Waals surface area contributed by atoms with Crippen LogP contribution in [-0.4, -0.2) is 41.1 Å². The minimum atomic E-state index is -0.483. The van der Waals surface area contributed by atoms with Gasteiger partial charge in [-0.2, -0.15) is 0 Å². The van der Waals surface area contributed by atoms with E-state index < -0.39 is 5.82 Å². The molecule has 4 heterocycles. The second-order valence-electron chi connectivity index (χ2n) is 6.94. The number of carbonyl (C=O) groups excluding carboxylic acids is 1. The van der Waals surface area contributed by atoms with E-state index in [4.69, 9.17) is 11.6 Å². The van der Waals surface area contributed by atoms with Crippen LogP contribution >= 0.6 is 11.6 Å². The summed E-state index contributed by atoms with van der Waals surface area (Å²) < 4.78 is 14.5. The first kappa shape index (κ1) is 17.2. The predicted octanol–water partition coefficient (Wildman–Crippen LogP) is 2.45. The first-order chi connectivity index (χ1) is 12.5. The van der Waals surface area contributed by atoms with E-state index in [1.807, 2.05) is 0 Å². The van der Waals surface area contributed by atoms with Gasteiger partial charge in [0.2, 0.25) is 0 Å². The molecule has 0 spiro atoms. The van der Waals surface area contributed by atoms with E-state index in [1.165, 1.54) is 35.0 Å². The highest BCUT2D eigenvalue weighted by atomic mass is 35.5. The molecule has 1 aromatic heterocycles. The van der Waals surface area contributed by atoms with Gasteiger partial charge in [-0.1, -0.05) is 11.6 Å². The third-order valence-electron chi connectivity index (χ3n) is 5.32. The number of fused-ring (bicyclic) bond motifs is 3. The summed E-state index contributed by atoms with van der Waals surface area (Å²) in [5, 5.41) is 3.21. The van der Waals surface area contributed by atoms with Gasteiger partial charge in [0.15, 0.2) is 0 Å².